The topological polar surface area (TPSA) is 48.0 Å². The molecular weight excluding hydrogens is 294 g/mol. The molecule has 5 heteroatoms. The van der Waals surface area contributed by atoms with E-state index in [4.69, 9.17) is 14.2 Å². The summed E-state index contributed by atoms with van der Waals surface area (Å²) in [5.74, 6) is 1.56. The molecule has 23 heavy (non-hydrogen) atoms. The molecule has 1 unspecified atom stereocenters. The van der Waals surface area contributed by atoms with E-state index in [0.717, 1.165) is 37.2 Å². The van der Waals surface area contributed by atoms with Gasteiger partial charge in [-0.05, 0) is 25.0 Å². The first-order valence-electron chi connectivity index (χ1n) is 8.34. The lowest BCUT2D eigenvalue weighted by Gasteiger charge is -2.38. The Morgan fingerprint density at radius 2 is 1.96 bits per heavy atom. The zero-order valence-corrected chi connectivity index (χ0v) is 13.9. The zero-order valence-electron chi connectivity index (χ0n) is 13.9. The summed E-state index contributed by atoms with van der Waals surface area (Å²) in [5.41, 5.74) is -0.652. The van der Waals surface area contributed by atoms with E-state index in [1.54, 1.807) is 12.0 Å². The quantitative estimate of drug-likeness (QED) is 0.856. The van der Waals surface area contributed by atoms with E-state index in [0.29, 0.717) is 13.2 Å². The highest BCUT2D eigenvalue weighted by atomic mass is 16.6. The third kappa shape index (κ3) is 3.29. The Hall–Kier alpha value is -1.75. The van der Waals surface area contributed by atoms with Crippen LogP contribution in [0.1, 0.15) is 32.1 Å². The molecule has 0 saturated heterocycles. The van der Waals surface area contributed by atoms with Crippen LogP contribution in [-0.2, 0) is 9.53 Å². The highest BCUT2D eigenvalue weighted by molar-refractivity contribution is 5.85. The van der Waals surface area contributed by atoms with E-state index in [2.05, 4.69) is 0 Å². The number of rotatable bonds is 4. The summed E-state index contributed by atoms with van der Waals surface area (Å²) in [7, 11) is 3.47. The van der Waals surface area contributed by atoms with Crippen molar-refractivity contribution in [1.29, 1.82) is 0 Å². The van der Waals surface area contributed by atoms with Crippen molar-refractivity contribution in [3.63, 3.8) is 0 Å². The second kappa shape index (κ2) is 6.79. The zero-order chi connectivity index (χ0) is 16.3. The lowest BCUT2D eigenvalue weighted by Crippen LogP contribution is -2.53. The van der Waals surface area contributed by atoms with Gasteiger partial charge >= 0.3 is 0 Å². The predicted octanol–water partition coefficient (Wildman–Crippen LogP) is 2.63. The average molecular weight is 319 g/mol. The van der Waals surface area contributed by atoms with Crippen molar-refractivity contribution in [2.75, 3.05) is 27.3 Å². The molecule has 1 amide bonds. The van der Waals surface area contributed by atoms with Crippen LogP contribution in [0.4, 0.5) is 0 Å². The highest BCUT2D eigenvalue weighted by Gasteiger charge is 2.42. The van der Waals surface area contributed by atoms with E-state index < -0.39 is 5.60 Å². The smallest absolute Gasteiger partial charge is 0.254 e. The minimum Gasteiger partial charge on any atom is -0.486 e. The molecule has 3 rings (SSSR count). The fourth-order valence-corrected chi connectivity index (χ4v) is 3.52. The standard InChI is InChI=1S/C18H25NO4/c1-19(17(20)18(21-2)10-6-3-7-11-18)12-14-13-22-15-8-4-5-9-16(15)23-14/h4-5,8-9,14H,3,6-7,10-13H2,1-2H3. The molecule has 0 bridgehead atoms. The van der Waals surface area contributed by atoms with E-state index in [1.165, 1.54) is 6.42 Å². The molecule has 1 aromatic rings. The molecule has 0 N–H and O–H groups in total. The first-order chi connectivity index (χ1) is 11.1. The lowest BCUT2D eigenvalue weighted by atomic mass is 9.83. The number of nitrogens with zero attached hydrogens (tertiary/aromatic N) is 1. The summed E-state index contributed by atoms with van der Waals surface area (Å²) in [5, 5.41) is 0. The van der Waals surface area contributed by atoms with Crippen molar-refractivity contribution >= 4 is 5.91 Å². The fourth-order valence-electron chi connectivity index (χ4n) is 3.52. The van der Waals surface area contributed by atoms with Gasteiger partial charge in [-0.1, -0.05) is 31.4 Å². The number of fused-ring (bicyclic) bond motifs is 1. The van der Waals surface area contributed by atoms with Crippen LogP contribution in [0.25, 0.3) is 0 Å². The molecular formula is C18H25NO4. The minimum atomic E-state index is -0.652. The largest absolute Gasteiger partial charge is 0.486 e. The van der Waals surface area contributed by atoms with Crippen molar-refractivity contribution in [3.05, 3.63) is 24.3 Å². The Balaban J connectivity index is 1.63. The molecule has 2 aliphatic rings. The van der Waals surface area contributed by atoms with E-state index in [9.17, 15) is 4.79 Å². The maximum Gasteiger partial charge on any atom is 0.254 e. The number of likely N-dealkylation sites (N-methyl/N-ethyl adjacent to an activating group) is 1. The average Bonchev–Trinajstić information content (AvgIpc) is 2.61. The SMILES string of the molecule is COC1(C(=O)N(C)CC2COc3ccccc3O2)CCCCC1. The number of ether oxygens (including phenoxy) is 3. The van der Waals surface area contributed by atoms with Gasteiger partial charge in [-0.3, -0.25) is 4.79 Å². The van der Waals surface area contributed by atoms with Gasteiger partial charge in [-0.2, -0.15) is 0 Å². The first-order valence-corrected chi connectivity index (χ1v) is 8.34. The highest BCUT2D eigenvalue weighted by Crippen LogP contribution is 2.34. The van der Waals surface area contributed by atoms with Gasteiger partial charge in [0.25, 0.3) is 5.91 Å². The van der Waals surface area contributed by atoms with Crippen LogP contribution >= 0.6 is 0 Å². The molecule has 1 aliphatic heterocycles. The lowest BCUT2D eigenvalue weighted by molar-refractivity contribution is -0.159. The summed E-state index contributed by atoms with van der Waals surface area (Å²) in [6, 6.07) is 7.62. The molecule has 1 heterocycles. The summed E-state index contributed by atoms with van der Waals surface area (Å²) in [6.45, 7) is 0.951. The minimum absolute atomic E-state index is 0.0576. The molecule has 1 fully saturated rings. The predicted molar refractivity (Wildman–Crippen MR) is 86.8 cm³/mol. The van der Waals surface area contributed by atoms with Crippen LogP contribution in [0.3, 0.4) is 0 Å². The number of methoxy groups -OCH3 is 1. The van der Waals surface area contributed by atoms with Crippen LogP contribution in [0.2, 0.25) is 0 Å². The third-order valence-electron chi connectivity index (χ3n) is 4.83. The maximum atomic E-state index is 12.9. The van der Waals surface area contributed by atoms with Gasteiger partial charge in [0.05, 0.1) is 6.54 Å². The molecule has 1 saturated carbocycles. The maximum absolute atomic E-state index is 12.9. The van der Waals surface area contributed by atoms with Crippen LogP contribution in [0.5, 0.6) is 11.5 Å². The molecule has 0 aromatic heterocycles. The number of hydrogen-bond donors (Lipinski definition) is 0. The number of amides is 1. The Morgan fingerprint density at radius 1 is 1.26 bits per heavy atom. The van der Waals surface area contributed by atoms with Gasteiger partial charge in [0.2, 0.25) is 0 Å². The van der Waals surface area contributed by atoms with Gasteiger partial charge in [-0.15, -0.1) is 0 Å². The molecule has 1 atom stereocenters. The van der Waals surface area contributed by atoms with Gasteiger partial charge in [-0.25, -0.2) is 0 Å². The Labute approximate surface area is 137 Å². The molecule has 5 nitrogen and oxygen atoms in total. The molecule has 1 aliphatic carbocycles. The second-order valence-electron chi connectivity index (χ2n) is 6.44. The summed E-state index contributed by atoms with van der Waals surface area (Å²) >= 11 is 0. The van der Waals surface area contributed by atoms with Gasteiger partial charge in [0, 0.05) is 14.2 Å². The second-order valence-corrected chi connectivity index (χ2v) is 6.44. The molecule has 126 valence electrons. The summed E-state index contributed by atoms with van der Waals surface area (Å²) < 4.78 is 17.3. The van der Waals surface area contributed by atoms with Crippen LogP contribution < -0.4 is 9.47 Å². The van der Waals surface area contributed by atoms with Crippen molar-refractivity contribution < 1.29 is 19.0 Å². The molecule has 1 aromatic carbocycles. The number of carbonyl (C=O) groups excluding carboxylic acids is 1. The van der Waals surface area contributed by atoms with Crippen LogP contribution in [0.15, 0.2) is 24.3 Å². The monoisotopic (exact) mass is 319 g/mol. The number of benzene rings is 1. The van der Waals surface area contributed by atoms with Crippen LogP contribution in [-0.4, -0.2) is 49.8 Å². The Bertz CT molecular complexity index is 554. The molecule has 0 spiro atoms. The number of para-hydroxylation sites is 2. The number of hydrogen-bond acceptors (Lipinski definition) is 4. The Morgan fingerprint density at radius 3 is 2.65 bits per heavy atom. The van der Waals surface area contributed by atoms with Gasteiger partial charge in [0.1, 0.15) is 12.2 Å². The fraction of sp³-hybridized carbons (Fsp3) is 0.611. The van der Waals surface area contributed by atoms with E-state index in [1.807, 2.05) is 31.3 Å². The van der Waals surface area contributed by atoms with Crippen molar-refractivity contribution in [2.24, 2.45) is 0 Å². The van der Waals surface area contributed by atoms with Crippen LogP contribution in [0, 0.1) is 0 Å². The normalized spacial score (nSPS) is 22.4. The first kappa shape index (κ1) is 16.1. The number of carbonyl (C=O) groups is 1. The van der Waals surface area contributed by atoms with Gasteiger partial charge < -0.3 is 19.1 Å². The Kier molecular flexibility index (Phi) is 4.76. The molecule has 0 radical (unpaired) electrons. The van der Waals surface area contributed by atoms with Crippen molar-refractivity contribution in [1.82, 2.24) is 4.90 Å². The van der Waals surface area contributed by atoms with Crippen molar-refractivity contribution in [2.45, 2.75) is 43.8 Å². The van der Waals surface area contributed by atoms with Crippen molar-refractivity contribution in [3.8, 4) is 11.5 Å². The third-order valence-corrected chi connectivity index (χ3v) is 4.83. The van der Waals surface area contributed by atoms with E-state index in [-0.39, 0.29) is 12.0 Å². The summed E-state index contributed by atoms with van der Waals surface area (Å²) in [4.78, 5) is 14.6. The summed E-state index contributed by atoms with van der Waals surface area (Å²) in [6.07, 6.45) is 4.72. The van der Waals surface area contributed by atoms with E-state index >= 15 is 0 Å². The van der Waals surface area contributed by atoms with Gasteiger partial charge in [0.15, 0.2) is 17.6 Å².